The highest BCUT2D eigenvalue weighted by Crippen LogP contribution is 2.40. The summed E-state index contributed by atoms with van der Waals surface area (Å²) in [6, 6.07) is 7.93. The molecule has 1 aliphatic heterocycles. The van der Waals surface area contributed by atoms with Crippen LogP contribution in [0.4, 0.5) is 0 Å². The SMILES string of the molecule is COC(=O)CSc1nc2c(c(-c3ccc(OC)c(OC)c3)c1C#N)CN(C)CC2. The van der Waals surface area contributed by atoms with Gasteiger partial charge in [-0.1, -0.05) is 17.8 Å². The van der Waals surface area contributed by atoms with Crippen LogP contribution in [0, 0.1) is 11.3 Å². The summed E-state index contributed by atoms with van der Waals surface area (Å²) in [5.74, 6) is 0.954. The molecular weight excluding hydrogens is 390 g/mol. The second-order valence-electron chi connectivity index (χ2n) is 6.63. The third-order valence-electron chi connectivity index (χ3n) is 4.85. The molecule has 0 unspecified atom stereocenters. The van der Waals surface area contributed by atoms with E-state index < -0.39 is 0 Å². The average Bonchev–Trinajstić information content (AvgIpc) is 2.75. The molecule has 0 saturated carbocycles. The molecule has 0 atom stereocenters. The number of aromatic nitrogens is 1. The van der Waals surface area contributed by atoms with Gasteiger partial charge in [0.15, 0.2) is 11.5 Å². The molecule has 3 rings (SSSR count). The molecule has 0 saturated heterocycles. The van der Waals surface area contributed by atoms with E-state index in [2.05, 4.69) is 11.0 Å². The Balaban J connectivity index is 2.20. The van der Waals surface area contributed by atoms with Gasteiger partial charge in [-0.3, -0.25) is 4.79 Å². The molecule has 0 N–H and O–H groups in total. The molecular formula is C21H23N3O4S. The van der Waals surface area contributed by atoms with E-state index in [0.717, 1.165) is 35.3 Å². The Kier molecular flexibility index (Phi) is 6.62. The fourth-order valence-electron chi connectivity index (χ4n) is 3.38. The minimum atomic E-state index is -0.356. The fourth-order valence-corrected chi connectivity index (χ4v) is 4.21. The van der Waals surface area contributed by atoms with Crippen LogP contribution in [0.3, 0.4) is 0 Å². The van der Waals surface area contributed by atoms with Gasteiger partial charge in [-0.05, 0) is 30.3 Å². The number of methoxy groups -OCH3 is 3. The Hall–Kier alpha value is -2.76. The van der Waals surface area contributed by atoms with Crippen molar-refractivity contribution in [2.45, 2.75) is 18.0 Å². The first-order valence-corrected chi connectivity index (χ1v) is 10.1. The van der Waals surface area contributed by atoms with E-state index in [0.29, 0.717) is 28.6 Å². The summed E-state index contributed by atoms with van der Waals surface area (Å²) in [4.78, 5) is 18.6. The molecule has 0 spiro atoms. The van der Waals surface area contributed by atoms with Gasteiger partial charge in [-0.2, -0.15) is 5.26 Å². The third kappa shape index (κ3) is 4.31. The van der Waals surface area contributed by atoms with Crippen LogP contribution in [-0.4, -0.2) is 56.5 Å². The number of likely N-dealkylation sites (N-methyl/N-ethyl adjacent to an activating group) is 1. The number of carbonyl (C=O) groups excluding carboxylic acids is 1. The normalized spacial score (nSPS) is 13.3. The van der Waals surface area contributed by atoms with Crippen LogP contribution < -0.4 is 9.47 Å². The number of nitriles is 1. The fraction of sp³-hybridized carbons (Fsp3) is 0.381. The highest BCUT2D eigenvalue weighted by atomic mass is 32.2. The number of rotatable bonds is 6. The molecule has 2 aromatic rings. The van der Waals surface area contributed by atoms with Crippen molar-refractivity contribution in [3.63, 3.8) is 0 Å². The van der Waals surface area contributed by atoms with Crippen molar-refractivity contribution in [2.24, 2.45) is 0 Å². The summed E-state index contributed by atoms with van der Waals surface area (Å²) in [6.07, 6.45) is 0.781. The van der Waals surface area contributed by atoms with Gasteiger partial charge in [-0.25, -0.2) is 4.98 Å². The monoisotopic (exact) mass is 413 g/mol. The number of carbonyl (C=O) groups is 1. The number of nitrogens with zero attached hydrogens (tertiary/aromatic N) is 3. The Morgan fingerprint density at radius 3 is 2.69 bits per heavy atom. The lowest BCUT2D eigenvalue weighted by atomic mass is 9.91. The zero-order valence-corrected chi connectivity index (χ0v) is 17.8. The standard InChI is InChI=1S/C21H23N3O4S/c1-24-8-7-16-15(11-24)20(13-5-6-17(26-2)18(9-13)27-3)14(10-22)21(23-16)29-12-19(25)28-4/h5-6,9H,7-8,11-12H2,1-4H3. The summed E-state index contributed by atoms with van der Waals surface area (Å²) < 4.78 is 15.5. The van der Waals surface area contributed by atoms with Gasteiger partial charge in [0.25, 0.3) is 0 Å². The molecule has 0 bridgehead atoms. The summed E-state index contributed by atoms with van der Waals surface area (Å²) >= 11 is 1.23. The summed E-state index contributed by atoms with van der Waals surface area (Å²) in [5.41, 5.74) is 4.13. The van der Waals surface area contributed by atoms with Crippen LogP contribution in [0.2, 0.25) is 0 Å². The number of benzene rings is 1. The Morgan fingerprint density at radius 1 is 1.28 bits per heavy atom. The molecule has 0 amide bonds. The highest BCUT2D eigenvalue weighted by molar-refractivity contribution is 7.99. The Morgan fingerprint density at radius 2 is 2.03 bits per heavy atom. The van der Waals surface area contributed by atoms with E-state index in [4.69, 9.17) is 19.2 Å². The largest absolute Gasteiger partial charge is 0.493 e. The smallest absolute Gasteiger partial charge is 0.316 e. The van der Waals surface area contributed by atoms with E-state index in [-0.39, 0.29) is 11.7 Å². The molecule has 1 aromatic carbocycles. The zero-order valence-electron chi connectivity index (χ0n) is 16.9. The quantitative estimate of drug-likeness (QED) is 0.528. The molecule has 1 aliphatic rings. The molecule has 7 nitrogen and oxygen atoms in total. The van der Waals surface area contributed by atoms with Crippen LogP contribution in [0.5, 0.6) is 11.5 Å². The number of fused-ring (bicyclic) bond motifs is 1. The summed E-state index contributed by atoms with van der Waals surface area (Å²) in [5, 5.41) is 10.5. The summed E-state index contributed by atoms with van der Waals surface area (Å²) in [6.45, 7) is 1.58. The van der Waals surface area contributed by atoms with E-state index in [9.17, 15) is 10.1 Å². The maximum atomic E-state index is 11.6. The first-order chi connectivity index (χ1) is 14.0. The van der Waals surface area contributed by atoms with Gasteiger partial charge in [0.05, 0.1) is 32.6 Å². The maximum absolute atomic E-state index is 11.6. The Labute approximate surface area is 174 Å². The van der Waals surface area contributed by atoms with E-state index in [1.54, 1.807) is 14.2 Å². The van der Waals surface area contributed by atoms with Crippen LogP contribution in [0.15, 0.2) is 23.2 Å². The van der Waals surface area contributed by atoms with Crippen molar-refractivity contribution in [1.82, 2.24) is 9.88 Å². The van der Waals surface area contributed by atoms with E-state index in [1.165, 1.54) is 18.9 Å². The van der Waals surface area contributed by atoms with Crippen LogP contribution in [-0.2, 0) is 22.5 Å². The van der Waals surface area contributed by atoms with Crippen LogP contribution in [0.25, 0.3) is 11.1 Å². The third-order valence-corrected chi connectivity index (χ3v) is 5.80. The molecule has 29 heavy (non-hydrogen) atoms. The predicted octanol–water partition coefficient (Wildman–Crippen LogP) is 2.89. The van der Waals surface area contributed by atoms with Crippen LogP contribution >= 0.6 is 11.8 Å². The number of hydrogen-bond donors (Lipinski definition) is 0. The number of thioether (sulfide) groups is 1. The van der Waals surface area contributed by atoms with Gasteiger partial charge in [0.2, 0.25) is 0 Å². The van der Waals surface area contributed by atoms with Crippen molar-refractivity contribution in [3.05, 3.63) is 35.0 Å². The minimum Gasteiger partial charge on any atom is -0.493 e. The lowest BCUT2D eigenvalue weighted by molar-refractivity contribution is -0.137. The predicted molar refractivity (Wildman–Crippen MR) is 110 cm³/mol. The first kappa shape index (κ1) is 21.0. The average molecular weight is 413 g/mol. The Bertz CT molecular complexity index is 971. The van der Waals surface area contributed by atoms with Crippen molar-refractivity contribution < 1.29 is 19.0 Å². The topological polar surface area (TPSA) is 84.7 Å². The van der Waals surface area contributed by atoms with E-state index in [1.807, 2.05) is 25.2 Å². The van der Waals surface area contributed by atoms with Gasteiger partial charge >= 0.3 is 5.97 Å². The van der Waals surface area contributed by atoms with Crippen molar-refractivity contribution in [1.29, 1.82) is 5.26 Å². The number of pyridine rings is 1. The number of hydrogen-bond acceptors (Lipinski definition) is 8. The van der Waals surface area contributed by atoms with Gasteiger partial charge in [0.1, 0.15) is 11.1 Å². The molecule has 0 radical (unpaired) electrons. The van der Waals surface area contributed by atoms with Gasteiger partial charge in [-0.15, -0.1) is 0 Å². The van der Waals surface area contributed by atoms with Gasteiger partial charge in [0, 0.05) is 30.8 Å². The number of esters is 1. The van der Waals surface area contributed by atoms with E-state index >= 15 is 0 Å². The number of ether oxygens (including phenoxy) is 3. The lowest BCUT2D eigenvalue weighted by Crippen LogP contribution is -2.28. The second-order valence-corrected chi connectivity index (χ2v) is 7.59. The van der Waals surface area contributed by atoms with Crippen LogP contribution in [0.1, 0.15) is 16.8 Å². The van der Waals surface area contributed by atoms with Crippen molar-refractivity contribution in [3.8, 4) is 28.7 Å². The molecule has 8 heteroatoms. The highest BCUT2D eigenvalue weighted by Gasteiger charge is 2.26. The lowest BCUT2D eigenvalue weighted by Gasteiger charge is -2.28. The maximum Gasteiger partial charge on any atom is 0.316 e. The first-order valence-electron chi connectivity index (χ1n) is 9.08. The summed E-state index contributed by atoms with van der Waals surface area (Å²) in [7, 11) is 6.57. The van der Waals surface area contributed by atoms with Gasteiger partial charge < -0.3 is 19.1 Å². The molecule has 2 heterocycles. The second kappa shape index (κ2) is 9.16. The molecule has 1 aromatic heterocycles. The zero-order chi connectivity index (χ0) is 21.0. The van der Waals surface area contributed by atoms with Crippen molar-refractivity contribution >= 4 is 17.7 Å². The molecule has 0 aliphatic carbocycles. The van der Waals surface area contributed by atoms with Crippen molar-refractivity contribution in [2.75, 3.05) is 40.7 Å². The molecule has 0 fully saturated rings. The minimum absolute atomic E-state index is 0.0994. The molecule has 152 valence electrons.